The van der Waals surface area contributed by atoms with E-state index in [1.807, 2.05) is 26.0 Å². The molecule has 14 heteroatoms. The molecular weight excluding hydrogens is 633 g/mol. The smallest absolute Gasteiger partial charge is 0.303 e. The van der Waals surface area contributed by atoms with Gasteiger partial charge in [0, 0.05) is 26.2 Å². The van der Waals surface area contributed by atoms with Crippen molar-refractivity contribution in [3.63, 3.8) is 0 Å². The monoisotopic (exact) mass is 665 g/mol. The molecule has 2 unspecified atom stereocenters. The number of hydrogen-bond acceptors (Lipinski definition) is 9. The maximum absolute atomic E-state index is 12.0. The van der Waals surface area contributed by atoms with E-state index >= 15 is 0 Å². The number of carbonyl (C=O) groups excluding carboxylic acids is 3. The van der Waals surface area contributed by atoms with E-state index < -0.39 is 45.5 Å². The van der Waals surface area contributed by atoms with Crippen molar-refractivity contribution < 1.29 is 41.7 Å². The predicted octanol–water partition coefficient (Wildman–Crippen LogP) is 4.99. The number of amides is 1. The molecule has 0 aromatic heterocycles. The zero-order valence-electron chi connectivity index (χ0n) is 24.1. The van der Waals surface area contributed by atoms with Crippen LogP contribution in [-0.4, -0.2) is 74.7 Å². The predicted molar refractivity (Wildman–Crippen MR) is 160 cm³/mol. The molecule has 2 aromatic carbocycles. The van der Waals surface area contributed by atoms with Crippen LogP contribution in [0.3, 0.4) is 0 Å². The summed E-state index contributed by atoms with van der Waals surface area (Å²) in [5, 5.41) is 0.541. The first-order chi connectivity index (χ1) is 19.4. The Kier molecular flexibility index (Phi) is 12.8. The summed E-state index contributed by atoms with van der Waals surface area (Å²) in [5.41, 5.74) is 1.13. The maximum atomic E-state index is 12.0. The second-order valence-corrected chi connectivity index (χ2v) is 13.0. The molecule has 0 saturated heterocycles. The van der Waals surface area contributed by atoms with Crippen LogP contribution in [0.2, 0.25) is 10.0 Å². The number of alkyl halides is 1. The second kappa shape index (κ2) is 15.1. The van der Waals surface area contributed by atoms with Crippen LogP contribution in [-0.2, 0) is 39.3 Å². The van der Waals surface area contributed by atoms with Crippen LogP contribution in [0, 0.1) is 0 Å². The van der Waals surface area contributed by atoms with Crippen molar-refractivity contribution in [2.45, 2.75) is 52.2 Å². The Morgan fingerprint density at radius 3 is 1.81 bits per heavy atom. The molecule has 0 aliphatic carbocycles. The number of hydrogen-bond donors (Lipinski definition) is 0. The Labute approximate surface area is 261 Å². The minimum absolute atomic E-state index is 0.0218. The molecule has 0 heterocycles. The van der Waals surface area contributed by atoms with Crippen LogP contribution in [0.4, 0.5) is 0 Å². The Bertz CT molecular complexity index is 1360. The number of ether oxygens (including phenoxy) is 4. The van der Waals surface area contributed by atoms with Crippen LogP contribution in [0.1, 0.15) is 45.7 Å². The van der Waals surface area contributed by atoms with Gasteiger partial charge in [0.1, 0.15) is 25.1 Å². The van der Waals surface area contributed by atoms with Gasteiger partial charge in [0.15, 0.2) is 11.9 Å². The van der Waals surface area contributed by atoms with E-state index in [4.69, 9.17) is 53.8 Å². The number of carbonyl (C=O) groups is 3. The van der Waals surface area contributed by atoms with Gasteiger partial charge in [0.25, 0.3) is 0 Å². The van der Waals surface area contributed by atoms with Crippen molar-refractivity contribution in [1.29, 1.82) is 0 Å². The summed E-state index contributed by atoms with van der Waals surface area (Å²) in [4.78, 5) is 34.6. The quantitative estimate of drug-likeness (QED) is 0.203. The third kappa shape index (κ3) is 10.2. The highest BCUT2D eigenvalue weighted by molar-refractivity contribution is 7.88. The van der Waals surface area contributed by atoms with Crippen LogP contribution < -0.4 is 9.47 Å². The van der Waals surface area contributed by atoms with Crippen molar-refractivity contribution >= 4 is 62.7 Å². The van der Waals surface area contributed by atoms with E-state index in [0.717, 1.165) is 24.3 Å². The molecule has 0 N–H and O–H groups in total. The molecule has 42 heavy (non-hydrogen) atoms. The van der Waals surface area contributed by atoms with Crippen LogP contribution in [0.15, 0.2) is 36.4 Å². The molecule has 1 amide bonds. The van der Waals surface area contributed by atoms with E-state index in [1.54, 1.807) is 24.3 Å². The summed E-state index contributed by atoms with van der Waals surface area (Å²) in [7, 11) is -3.86. The molecule has 0 bridgehead atoms. The van der Waals surface area contributed by atoms with E-state index in [-0.39, 0.29) is 41.4 Å². The van der Waals surface area contributed by atoms with Gasteiger partial charge in [0.2, 0.25) is 15.9 Å². The topological polar surface area (TPSA) is 126 Å². The van der Waals surface area contributed by atoms with Crippen molar-refractivity contribution in [3.8, 4) is 11.5 Å². The lowest BCUT2D eigenvalue weighted by Gasteiger charge is -2.28. The SMILES string of the molecule is CC(=O)OC(CCl)COc1c(Cl)cc(C(C)(C)c2ccc(OCC(CN(C(C)=O)S(C)(=O)=O)OC(C)=O)cc2)cc1Cl. The first-order valence-corrected chi connectivity index (χ1v) is 15.8. The van der Waals surface area contributed by atoms with Crippen molar-refractivity contribution in [3.05, 3.63) is 57.6 Å². The van der Waals surface area contributed by atoms with E-state index in [1.165, 1.54) is 13.8 Å². The Hall–Kier alpha value is -2.73. The zero-order valence-corrected chi connectivity index (χ0v) is 27.2. The Balaban J connectivity index is 2.18. The van der Waals surface area contributed by atoms with Crippen LogP contribution in [0.25, 0.3) is 0 Å². The minimum atomic E-state index is -3.86. The Morgan fingerprint density at radius 2 is 1.36 bits per heavy atom. The first kappa shape index (κ1) is 35.5. The number of nitrogens with zero attached hydrogens (tertiary/aromatic N) is 1. The van der Waals surface area contributed by atoms with E-state index in [0.29, 0.717) is 10.1 Å². The molecule has 0 aliphatic rings. The lowest BCUT2D eigenvalue weighted by Crippen LogP contribution is -2.43. The fourth-order valence-corrected chi connectivity index (χ4v) is 5.60. The molecule has 2 aromatic rings. The summed E-state index contributed by atoms with van der Waals surface area (Å²) < 4.78 is 46.3. The van der Waals surface area contributed by atoms with E-state index in [2.05, 4.69) is 0 Å². The standard InChI is InChI=1S/C28H34Cl3NO9S/c1-17(33)32(42(6,36)37)14-24(41-19(3)35)16-38-22-9-7-20(8-10-22)28(4,5)21-11-25(30)27(26(31)12-21)39-15-23(13-29)40-18(2)34/h7-12,23-24H,13-16H2,1-6H3. The van der Waals surface area contributed by atoms with Gasteiger partial charge >= 0.3 is 11.9 Å². The normalized spacial score (nSPS) is 13.1. The molecule has 0 aliphatic heterocycles. The average molecular weight is 667 g/mol. The summed E-state index contributed by atoms with van der Waals surface area (Å²) in [6.45, 7) is 6.94. The summed E-state index contributed by atoms with van der Waals surface area (Å²) in [5.74, 6) is -1.11. The summed E-state index contributed by atoms with van der Waals surface area (Å²) in [6.07, 6.45) is -0.786. The molecular formula is C28H34Cl3NO9S. The molecule has 232 valence electrons. The van der Waals surface area contributed by atoms with Gasteiger partial charge < -0.3 is 18.9 Å². The van der Waals surface area contributed by atoms with Gasteiger partial charge in [-0.3, -0.25) is 14.4 Å². The molecule has 0 fully saturated rings. The molecule has 0 saturated carbocycles. The van der Waals surface area contributed by atoms with E-state index in [9.17, 15) is 22.8 Å². The number of benzene rings is 2. The highest BCUT2D eigenvalue weighted by Gasteiger charge is 2.28. The minimum Gasteiger partial charge on any atom is -0.490 e. The van der Waals surface area contributed by atoms with Crippen LogP contribution >= 0.6 is 34.8 Å². The van der Waals surface area contributed by atoms with Gasteiger partial charge in [-0.15, -0.1) is 11.6 Å². The highest BCUT2D eigenvalue weighted by Crippen LogP contribution is 2.40. The molecule has 0 radical (unpaired) electrons. The fourth-order valence-electron chi connectivity index (χ4n) is 3.94. The first-order valence-electron chi connectivity index (χ1n) is 12.7. The van der Waals surface area contributed by atoms with Gasteiger partial charge in [-0.1, -0.05) is 49.2 Å². The largest absolute Gasteiger partial charge is 0.490 e. The third-order valence-corrected chi connectivity index (χ3v) is 8.22. The number of esters is 2. The number of rotatable bonds is 14. The molecule has 10 nitrogen and oxygen atoms in total. The third-order valence-electron chi connectivity index (χ3n) is 6.10. The van der Waals surface area contributed by atoms with Gasteiger partial charge in [-0.25, -0.2) is 12.7 Å². The van der Waals surface area contributed by atoms with Crippen molar-refractivity contribution in [2.75, 3.05) is 31.9 Å². The number of sulfonamides is 1. The van der Waals surface area contributed by atoms with Crippen molar-refractivity contribution in [2.24, 2.45) is 0 Å². The lowest BCUT2D eigenvalue weighted by atomic mass is 9.78. The highest BCUT2D eigenvalue weighted by atomic mass is 35.5. The Morgan fingerprint density at radius 1 is 0.857 bits per heavy atom. The average Bonchev–Trinajstić information content (AvgIpc) is 2.87. The van der Waals surface area contributed by atoms with Gasteiger partial charge in [-0.2, -0.15) is 0 Å². The molecule has 0 spiro atoms. The molecule has 2 atom stereocenters. The van der Waals surface area contributed by atoms with Gasteiger partial charge in [0.05, 0.1) is 28.7 Å². The zero-order chi connectivity index (χ0) is 31.8. The van der Waals surface area contributed by atoms with Crippen LogP contribution in [0.5, 0.6) is 11.5 Å². The maximum Gasteiger partial charge on any atom is 0.303 e. The summed E-state index contributed by atoms with van der Waals surface area (Å²) in [6, 6.07) is 10.6. The second-order valence-electron chi connectivity index (χ2n) is 9.97. The molecule has 2 rings (SSSR count). The summed E-state index contributed by atoms with van der Waals surface area (Å²) >= 11 is 18.9. The van der Waals surface area contributed by atoms with Gasteiger partial charge in [-0.05, 0) is 35.4 Å². The lowest BCUT2D eigenvalue weighted by molar-refractivity contribution is -0.149. The number of halogens is 3. The van der Waals surface area contributed by atoms with Crippen molar-refractivity contribution in [1.82, 2.24) is 4.31 Å². The fraction of sp³-hybridized carbons (Fsp3) is 0.464.